The van der Waals surface area contributed by atoms with Crippen molar-refractivity contribution in [1.82, 2.24) is 14.8 Å². The third kappa shape index (κ3) is 4.40. The molecule has 144 valence electrons. The first-order chi connectivity index (χ1) is 13.0. The van der Waals surface area contributed by atoms with E-state index in [1.165, 1.54) is 36.0 Å². The zero-order chi connectivity index (χ0) is 19.0. The van der Waals surface area contributed by atoms with Crippen molar-refractivity contribution in [2.75, 3.05) is 5.32 Å². The molecule has 6 nitrogen and oxygen atoms in total. The van der Waals surface area contributed by atoms with Gasteiger partial charge < -0.3 is 14.6 Å². The molecule has 0 saturated heterocycles. The quantitative estimate of drug-likeness (QED) is 0.679. The van der Waals surface area contributed by atoms with E-state index in [0.29, 0.717) is 17.6 Å². The van der Waals surface area contributed by atoms with E-state index in [-0.39, 0.29) is 16.9 Å². The number of ether oxygens (including phenoxy) is 1. The summed E-state index contributed by atoms with van der Waals surface area (Å²) in [5, 5.41) is 11.9. The Kier molecular flexibility index (Phi) is 5.03. The Morgan fingerprint density at radius 3 is 2.52 bits per heavy atom. The molecular formula is C18H20F2N4O2S. The third-order valence-electron chi connectivity index (χ3n) is 4.54. The molecule has 0 bridgehead atoms. The molecule has 0 radical (unpaired) electrons. The molecule has 1 N–H and O–H groups in total. The number of aromatic nitrogens is 3. The number of thioether (sulfide) groups is 1. The van der Waals surface area contributed by atoms with Gasteiger partial charge in [-0.25, -0.2) is 0 Å². The van der Waals surface area contributed by atoms with Gasteiger partial charge in [0.25, 0.3) is 0 Å². The zero-order valence-corrected chi connectivity index (χ0v) is 15.6. The van der Waals surface area contributed by atoms with Gasteiger partial charge in [0.15, 0.2) is 5.16 Å². The highest BCUT2D eigenvalue weighted by molar-refractivity contribution is 8.00. The molecule has 1 atom stereocenters. The summed E-state index contributed by atoms with van der Waals surface area (Å²) in [6, 6.07) is 6.32. The number of benzene rings is 1. The van der Waals surface area contributed by atoms with Crippen LogP contribution in [0, 0.1) is 0 Å². The highest BCUT2D eigenvalue weighted by Crippen LogP contribution is 2.46. The topological polar surface area (TPSA) is 69.0 Å². The molecule has 2 aliphatic carbocycles. The fourth-order valence-electron chi connectivity index (χ4n) is 2.84. The summed E-state index contributed by atoms with van der Waals surface area (Å²) in [7, 11) is 0. The van der Waals surface area contributed by atoms with Gasteiger partial charge in [-0.15, -0.1) is 10.2 Å². The van der Waals surface area contributed by atoms with Crippen LogP contribution in [0.25, 0.3) is 0 Å². The molecule has 2 fully saturated rings. The highest BCUT2D eigenvalue weighted by atomic mass is 32.2. The number of amides is 1. The van der Waals surface area contributed by atoms with Gasteiger partial charge in [0.2, 0.25) is 5.91 Å². The third-order valence-corrected chi connectivity index (χ3v) is 5.60. The molecule has 2 aliphatic rings. The molecule has 0 spiro atoms. The normalized spacial score (nSPS) is 17.8. The Morgan fingerprint density at radius 1 is 1.22 bits per heavy atom. The molecule has 2 saturated carbocycles. The molecule has 4 rings (SSSR count). The number of halogens is 2. The van der Waals surface area contributed by atoms with E-state index in [1.807, 2.05) is 6.92 Å². The Labute approximate surface area is 159 Å². The predicted octanol–water partition coefficient (Wildman–Crippen LogP) is 4.21. The standard InChI is InChI=1S/C18H20F2N4O2S/c1-10(16(25)21-12-4-8-14(9-5-12)26-17(19)20)27-18-23-22-15(11-2-3-11)24(18)13-6-7-13/h4-5,8-11,13,17H,2-3,6-7H2,1H3,(H,21,25). The molecule has 27 heavy (non-hydrogen) atoms. The first kappa shape index (κ1) is 18.2. The van der Waals surface area contributed by atoms with Crippen molar-refractivity contribution in [2.45, 2.75) is 61.6 Å². The van der Waals surface area contributed by atoms with Gasteiger partial charge in [0.05, 0.1) is 5.25 Å². The number of hydrogen-bond donors (Lipinski definition) is 1. The minimum absolute atomic E-state index is 0.0514. The molecule has 1 aromatic heterocycles. The smallest absolute Gasteiger partial charge is 0.387 e. The Morgan fingerprint density at radius 2 is 1.93 bits per heavy atom. The van der Waals surface area contributed by atoms with E-state index in [9.17, 15) is 13.6 Å². The summed E-state index contributed by atoms with van der Waals surface area (Å²) in [6.45, 7) is -1.05. The van der Waals surface area contributed by atoms with Crippen LogP contribution in [0.15, 0.2) is 29.4 Å². The van der Waals surface area contributed by atoms with E-state index in [4.69, 9.17) is 0 Å². The summed E-state index contributed by atoms with van der Waals surface area (Å²) in [6.07, 6.45) is 4.60. The SMILES string of the molecule is CC(Sc1nnc(C2CC2)n1C1CC1)C(=O)Nc1ccc(OC(F)F)cc1. The van der Waals surface area contributed by atoms with Gasteiger partial charge in [0, 0.05) is 17.6 Å². The number of nitrogens with zero attached hydrogens (tertiary/aromatic N) is 3. The lowest BCUT2D eigenvalue weighted by atomic mass is 10.3. The second-order valence-corrected chi connectivity index (χ2v) is 8.18. The summed E-state index contributed by atoms with van der Waals surface area (Å²) in [4.78, 5) is 12.5. The average Bonchev–Trinajstić information content (AvgIpc) is 3.55. The lowest BCUT2D eigenvalue weighted by Crippen LogP contribution is -2.23. The van der Waals surface area contributed by atoms with Crippen molar-refractivity contribution in [1.29, 1.82) is 0 Å². The average molecular weight is 394 g/mol. The van der Waals surface area contributed by atoms with Crippen molar-refractivity contribution in [3.05, 3.63) is 30.1 Å². The number of alkyl halides is 2. The second-order valence-electron chi connectivity index (χ2n) is 6.87. The van der Waals surface area contributed by atoms with Crippen molar-refractivity contribution >= 4 is 23.4 Å². The zero-order valence-electron chi connectivity index (χ0n) is 14.8. The van der Waals surface area contributed by atoms with Crippen LogP contribution >= 0.6 is 11.8 Å². The number of carbonyl (C=O) groups is 1. The van der Waals surface area contributed by atoms with Crippen molar-refractivity contribution in [3.8, 4) is 5.75 Å². The lowest BCUT2D eigenvalue weighted by Gasteiger charge is -2.13. The van der Waals surface area contributed by atoms with E-state index in [1.54, 1.807) is 0 Å². The number of anilines is 1. The van der Waals surface area contributed by atoms with Gasteiger partial charge in [-0.2, -0.15) is 8.78 Å². The van der Waals surface area contributed by atoms with Crippen LogP contribution in [-0.4, -0.2) is 32.5 Å². The summed E-state index contributed by atoms with van der Waals surface area (Å²) < 4.78 is 30.9. The van der Waals surface area contributed by atoms with Crippen LogP contribution in [0.2, 0.25) is 0 Å². The van der Waals surface area contributed by atoms with Crippen molar-refractivity contribution in [2.24, 2.45) is 0 Å². The van der Waals surface area contributed by atoms with Crippen LogP contribution in [0.3, 0.4) is 0 Å². The first-order valence-electron chi connectivity index (χ1n) is 8.98. The van der Waals surface area contributed by atoms with Crippen LogP contribution < -0.4 is 10.1 Å². The number of carbonyl (C=O) groups excluding carboxylic acids is 1. The Hall–Kier alpha value is -2.16. The molecule has 1 amide bonds. The van der Waals surface area contributed by atoms with Crippen LogP contribution in [0.5, 0.6) is 5.75 Å². The van der Waals surface area contributed by atoms with Gasteiger partial charge >= 0.3 is 6.61 Å². The predicted molar refractivity (Wildman–Crippen MR) is 97.3 cm³/mol. The first-order valence-corrected chi connectivity index (χ1v) is 9.86. The van der Waals surface area contributed by atoms with Gasteiger partial charge in [-0.3, -0.25) is 4.79 Å². The van der Waals surface area contributed by atoms with Crippen molar-refractivity contribution < 1.29 is 18.3 Å². The fraction of sp³-hybridized carbons (Fsp3) is 0.500. The minimum atomic E-state index is -2.87. The number of hydrogen-bond acceptors (Lipinski definition) is 5. The maximum absolute atomic E-state index is 12.5. The van der Waals surface area contributed by atoms with Crippen LogP contribution in [0.1, 0.15) is 50.4 Å². The number of rotatable bonds is 8. The maximum Gasteiger partial charge on any atom is 0.387 e. The van der Waals surface area contributed by atoms with Crippen molar-refractivity contribution in [3.63, 3.8) is 0 Å². The Bertz CT molecular complexity index is 819. The monoisotopic (exact) mass is 394 g/mol. The molecule has 0 aliphatic heterocycles. The minimum Gasteiger partial charge on any atom is -0.435 e. The number of nitrogens with one attached hydrogen (secondary N) is 1. The maximum atomic E-state index is 12.5. The molecular weight excluding hydrogens is 374 g/mol. The lowest BCUT2D eigenvalue weighted by molar-refractivity contribution is -0.115. The molecule has 1 unspecified atom stereocenters. The highest BCUT2D eigenvalue weighted by Gasteiger charge is 2.37. The van der Waals surface area contributed by atoms with E-state index in [2.05, 4.69) is 24.8 Å². The second kappa shape index (κ2) is 7.46. The summed E-state index contributed by atoms with van der Waals surface area (Å²) in [5.74, 6) is 1.45. The van der Waals surface area contributed by atoms with Crippen LogP contribution in [-0.2, 0) is 4.79 Å². The molecule has 1 heterocycles. The molecule has 1 aromatic carbocycles. The van der Waals surface area contributed by atoms with Gasteiger partial charge in [0.1, 0.15) is 11.6 Å². The van der Waals surface area contributed by atoms with E-state index >= 15 is 0 Å². The largest absolute Gasteiger partial charge is 0.435 e. The molecule has 2 aromatic rings. The molecule has 9 heteroatoms. The van der Waals surface area contributed by atoms with Gasteiger partial charge in [-0.05, 0) is 56.9 Å². The fourth-order valence-corrected chi connectivity index (χ4v) is 3.77. The van der Waals surface area contributed by atoms with Crippen LogP contribution in [0.4, 0.5) is 14.5 Å². The summed E-state index contributed by atoms with van der Waals surface area (Å²) in [5.41, 5.74) is 0.524. The van der Waals surface area contributed by atoms with Gasteiger partial charge in [-0.1, -0.05) is 11.8 Å². The van der Waals surface area contributed by atoms with E-state index in [0.717, 1.165) is 36.7 Å². The van der Waals surface area contributed by atoms with E-state index < -0.39 is 6.61 Å². The Balaban J connectivity index is 1.38. The summed E-state index contributed by atoms with van der Waals surface area (Å²) >= 11 is 1.40.